The second kappa shape index (κ2) is 4.57. The van der Waals surface area contributed by atoms with E-state index in [9.17, 15) is 9.59 Å². The molecular formula is C5H7ClO3S. The molecule has 0 aromatic carbocycles. The number of hydrogen-bond acceptors (Lipinski definition) is 3. The minimum absolute atomic E-state index is 0.0506. The van der Waals surface area contributed by atoms with Gasteiger partial charge in [-0.25, -0.2) is 0 Å². The molecule has 0 radical (unpaired) electrons. The summed E-state index contributed by atoms with van der Waals surface area (Å²) in [5, 5.41) is 7.24. The molecule has 0 heterocycles. The second-order valence-corrected chi connectivity index (χ2v) is 3.40. The Morgan fingerprint density at radius 1 is 1.70 bits per heavy atom. The van der Waals surface area contributed by atoms with E-state index in [1.807, 2.05) is 0 Å². The largest absolute Gasteiger partial charge is 0.480 e. The Bertz CT molecular complexity index is 148. The first-order valence-corrected chi connectivity index (χ1v) is 3.99. The van der Waals surface area contributed by atoms with Crippen molar-refractivity contribution < 1.29 is 14.7 Å². The summed E-state index contributed by atoms with van der Waals surface area (Å²) >= 11 is 5.99. The normalized spacial score (nSPS) is 12.6. The Hall–Kier alpha value is -0.220. The van der Waals surface area contributed by atoms with Crippen molar-refractivity contribution in [2.75, 3.05) is 5.75 Å². The molecule has 10 heavy (non-hydrogen) atoms. The van der Waals surface area contributed by atoms with Crippen LogP contribution >= 0.6 is 23.4 Å². The molecule has 1 atom stereocenters. The maximum atomic E-state index is 10.1. The van der Waals surface area contributed by atoms with Crippen LogP contribution in [0.2, 0.25) is 0 Å². The van der Waals surface area contributed by atoms with Crippen molar-refractivity contribution >= 4 is 34.6 Å². The fraction of sp³-hybridized carbons (Fsp3) is 0.600. The summed E-state index contributed by atoms with van der Waals surface area (Å²) in [6.07, 6.45) is 0. The zero-order valence-corrected chi connectivity index (χ0v) is 6.91. The number of thioether (sulfide) groups is 1. The highest BCUT2D eigenvalue weighted by Crippen LogP contribution is 2.10. The maximum Gasteiger partial charge on any atom is 0.316 e. The van der Waals surface area contributed by atoms with Gasteiger partial charge in [0.1, 0.15) is 0 Å². The fourth-order valence-corrected chi connectivity index (χ4v) is 0.974. The summed E-state index contributed by atoms with van der Waals surface area (Å²) in [6, 6.07) is 0. The van der Waals surface area contributed by atoms with Gasteiger partial charge in [-0.3, -0.25) is 9.59 Å². The van der Waals surface area contributed by atoms with Crippen LogP contribution in [0.5, 0.6) is 0 Å². The number of carboxylic acid groups (broad SMARTS) is 1. The van der Waals surface area contributed by atoms with E-state index in [0.717, 1.165) is 11.8 Å². The van der Waals surface area contributed by atoms with E-state index >= 15 is 0 Å². The number of aliphatic carboxylic acids is 1. The number of carboxylic acids is 1. The van der Waals surface area contributed by atoms with Gasteiger partial charge < -0.3 is 5.11 Å². The van der Waals surface area contributed by atoms with Crippen LogP contribution in [-0.4, -0.2) is 27.3 Å². The molecule has 0 aliphatic rings. The molecular weight excluding hydrogens is 176 g/mol. The van der Waals surface area contributed by atoms with E-state index < -0.39 is 16.5 Å². The second-order valence-electron chi connectivity index (χ2n) is 1.65. The lowest BCUT2D eigenvalue weighted by molar-refractivity contribution is -0.136. The highest BCUT2D eigenvalue weighted by molar-refractivity contribution is 8.01. The maximum absolute atomic E-state index is 10.1. The molecule has 58 valence electrons. The van der Waals surface area contributed by atoms with Gasteiger partial charge in [-0.2, -0.15) is 0 Å². The third-order valence-corrected chi connectivity index (χ3v) is 2.22. The third-order valence-electron chi connectivity index (χ3n) is 0.795. The van der Waals surface area contributed by atoms with Gasteiger partial charge in [0.25, 0.3) is 0 Å². The lowest BCUT2D eigenvalue weighted by Crippen LogP contribution is -2.13. The van der Waals surface area contributed by atoms with E-state index in [4.69, 9.17) is 16.7 Å². The number of carbonyl (C=O) groups excluding carboxylic acids is 1. The zero-order valence-electron chi connectivity index (χ0n) is 5.33. The molecule has 0 aromatic rings. The average molecular weight is 183 g/mol. The van der Waals surface area contributed by atoms with E-state index in [0.29, 0.717) is 0 Å². The highest BCUT2D eigenvalue weighted by atomic mass is 35.5. The SMILES string of the molecule is CC(SCC(=O)Cl)C(=O)O. The summed E-state index contributed by atoms with van der Waals surface area (Å²) in [4.78, 5) is 20.3. The van der Waals surface area contributed by atoms with Crippen LogP contribution in [0.4, 0.5) is 0 Å². The van der Waals surface area contributed by atoms with Crippen LogP contribution in [0.3, 0.4) is 0 Å². The van der Waals surface area contributed by atoms with Crippen molar-refractivity contribution in [1.29, 1.82) is 0 Å². The Labute approximate surface area is 67.7 Å². The molecule has 1 N–H and O–H groups in total. The van der Waals surface area contributed by atoms with Crippen LogP contribution in [-0.2, 0) is 9.59 Å². The monoisotopic (exact) mass is 182 g/mol. The molecule has 0 amide bonds. The molecule has 1 unspecified atom stereocenters. The predicted octanol–water partition coefficient (Wildman–Crippen LogP) is 0.958. The highest BCUT2D eigenvalue weighted by Gasteiger charge is 2.11. The predicted molar refractivity (Wildman–Crippen MR) is 40.4 cm³/mol. The minimum Gasteiger partial charge on any atom is -0.480 e. The van der Waals surface area contributed by atoms with Crippen molar-refractivity contribution in [1.82, 2.24) is 0 Å². The summed E-state index contributed by atoms with van der Waals surface area (Å²) in [7, 11) is 0. The molecule has 3 nitrogen and oxygen atoms in total. The molecule has 0 rings (SSSR count). The first-order valence-electron chi connectivity index (χ1n) is 2.56. The summed E-state index contributed by atoms with van der Waals surface area (Å²) < 4.78 is 0. The molecule has 0 aromatic heterocycles. The van der Waals surface area contributed by atoms with Gasteiger partial charge >= 0.3 is 5.97 Å². The molecule has 0 aliphatic heterocycles. The van der Waals surface area contributed by atoms with E-state index in [1.54, 1.807) is 0 Å². The average Bonchev–Trinajstić information content (AvgIpc) is 1.82. The van der Waals surface area contributed by atoms with Crippen molar-refractivity contribution in [2.45, 2.75) is 12.2 Å². The van der Waals surface area contributed by atoms with Crippen LogP contribution in [0, 0.1) is 0 Å². The number of hydrogen-bond donors (Lipinski definition) is 1. The van der Waals surface area contributed by atoms with Gasteiger partial charge in [-0.15, -0.1) is 11.8 Å². The van der Waals surface area contributed by atoms with Crippen molar-refractivity contribution in [2.24, 2.45) is 0 Å². The minimum atomic E-state index is -0.928. The molecule has 0 saturated carbocycles. The zero-order chi connectivity index (χ0) is 8.15. The Morgan fingerprint density at radius 2 is 2.20 bits per heavy atom. The summed E-state index contributed by atoms with van der Waals surface area (Å²) in [6.45, 7) is 1.51. The fourth-order valence-electron chi connectivity index (χ4n) is 0.262. The van der Waals surface area contributed by atoms with Gasteiger partial charge in [0.2, 0.25) is 5.24 Å². The third kappa shape index (κ3) is 4.64. The topological polar surface area (TPSA) is 54.4 Å². The smallest absolute Gasteiger partial charge is 0.316 e. The molecule has 0 fully saturated rings. The molecule has 0 spiro atoms. The molecule has 0 aliphatic carbocycles. The quantitative estimate of drug-likeness (QED) is 0.658. The molecule has 0 bridgehead atoms. The van der Waals surface area contributed by atoms with Crippen molar-refractivity contribution in [3.63, 3.8) is 0 Å². The van der Waals surface area contributed by atoms with Crippen LogP contribution in [0.15, 0.2) is 0 Å². The summed E-state index contributed by atoms with van der Waals surface area (Å²) in [5.74, 6) is -0.877. The van der Waals surface area contributed by atoms with Gasteiger partial charge in [0.15, 0.2) is 0 Å². The first-order chi connectivity index (χ1) is 4.54. The Morgan fingerprint density at radius 3 is 2.50 bits per heavy atom. The standard InChI is InChI=1S/C5H7ClO3S/c1-3(5(8)9)10-2-4(6)7/h3H,2H2,1H3,(H,8,9). The van der Waals surface area contributed by atoms with Crippen molar-refractivity contribution in [3.05, 3.63) is 0 Å². The Balaban J connectivity index is 3.49. The van der Waals surface area contributed by atoms with Crippen LogP contribution < -0.4 is 0 Å². The number of halogens is 1. The van der Waals surface area contributed by atoms with E-state index in [-0.39, 0.29) is 5.75 Å². The number of carbonyl (C=O) groups is 2. The lowest BCUT2D eigenvalue weighted by atomic mass is 10.5. The van der Waals surface area contributed by atoms with Crippen LogP contribution in [0.1, 0.15) is 6.92 Å². The summed E-state index contributed by atoms with van der Waals surface area (Å²) in [5.41, 5.74) is 0. The Kier molecular flexibility index (Phi) is 4.47. The van der Waals surface area contributed by atoms with Gasteiger partial charge in [0.05, 0.1) is 11.0 Å². The van der Waals surface area contributed by atoms with Gasteiger partial charge in [-0.1, -0.05) is 0 Å². The molecule has 5 heteroatoms. The van der Waals surface area contributed by atoms with E-state index in [1.165, 1.54) is 6.92 Å². The number of rotatable bonds is 4. The van der Waals surface area contributed by atoms with Crippen molar-refractivity contribution in [3.8, 4) is 0 Å². The van der Waals surface area contributed by atoms with E-state index in [2.05, 4.69) is 0 Å². The molecule has 0 saturated heterocycles. The first kappa shape index (κ1) is 9.78. The lowest BCUT2D eigenvalue weighted by Gasteiger charge is -2.01. The van der Waals surface area contributed by atoms with Crippen LogP contribution in [0.25, 0.3) is 0 Å². The van der Waals surface area contributed by atoms with Gasteiger partial charge in [0, 0.05) is 0 Å². The van der Waals surface area contributed by atoms with Gasteiger partial charge in [-0.05, 0) is 18.5 Å².